The van der Waals surface area contributed by atoms with Crippen LogP contribution in [0.1, 0.15) is 40.8 Å². The molecule has 1 saturated heterocycles. The lowest BCUT2D eigenvalue weighted by atomic mass is 9.97. The third-order valence-corrected chi connectivity index (χ3v) is 4.75. The molecule has 2 aromatic heterocycles. The minimum atomic E-state index is -0.0882. The number of H-pyrrole nitrogens is 1. The van der Waals surface area contributed by atoms with E-state index in [1.807, 2.05) is 6.92 Å². The number of piperidine rings is 1. The Morgan fingerprint density at radius 2 is 2.45 bits per heavy atom. The number of aliphatic hydroxyl groups excluding tert-OH is 1. The molecule has 2 N–H and O–H groups in total. The number of aromatic amines is 1. The van der Waals surface area contributed by atoms with Crippen LogP contribution in [0, 0.1) is 18.8 Å². The van der Waals surface area contributed by atoms with Gasteiger partial charge in [0.1, 0.15) is 12.4 Å². The van der Waals surface area contributed by atoms with Crippen molar-refractivity contribution in [3.8, 4) is 11.8 Å². The van der Waals surface area contributed by atoms with Crippen LogP contribution in [0.15, 0.2) is 11.4 Å². The summed E-state index contributed by atoms with van der Waals surface area (Å²) in [6.45, 7) is 4.93. The Balaban J connectivity index is 1.61. The predicted octanol–water partition coefficient (Wildman–Crippen LogP) is 1.90. The highest BCUT2D eigenvalue weighted by Crippen LogP contribution is 2.26. The van der Waals surface area contributed by atoms with Gasteiger partial charge >= 0.3 is 0 Å². The molecule has 116 valence electrons. The number of hydrogen-bond donors (Lipinski definition) is 2. The SMILES string of the molecule is Cc1nc([C@H]2CCCN(Cc3cc(C#CCO)cs3)C2)n[nH]1. The molecule has 3 rings (SSSR count). The van der Waals surface area contributed by atoms with E-state index in [4.69, 9.17) is 5.11 Å². The number of aliphatic hydroxyl groups is 1. The van der Waals surface area contributed by atoms with Crippen molar-refractivity contribution in [1.82, 2.24) is 20.1 Å². The van der Waals surface area contributed by atoms with Gasteiger partial charge in [0, 0.05) is 34.8 Å². The van der Waals surface area contributed by atoms with E-state index in [2.05, 4.69) is 43.4 Å². The molecule has 0 spiro atoms. The van der Waals surface area contributed by atoms with E-state index in [-0.39, 0.29) is 6.61 Å². The molecule has 5 nitrogen and oxygen atoms in total. The van der Waals surface area contributed by atoms with Gasteiger partial charge in [0.15, 0.2) is 5.82 Å². The zero-order chi connectivity index (χ0) is 15.4. The van der Waals surface area contributed by atoms with Gasteiger partial charge in [-0.25, -0.2) is 4.98 Å². The second kappa shape index (κ2) is 7.05. The highest BCUT2D eigenvalue weighted by Gasteiger charge is 2.24. The zero-order valence-electron chi connectivity index (χ0n) is 12.7. The molecule has 0 aliphatic carbocycles. The van der Waals surface area contributed by atoms with Gasteiger partial charge in [-0.15, -0.1) is 11.3 Å². The smallest absolute Gasteiger partial charge is 0.155 e. The maximum Gasteiger partial charge on any atom is 0.155 e. The van der Waals surface area contributed by atoms with Crippen LogP contribution in [0.5, 0.6) is 0 Å². The van der Waals surface area contributed by atoms with E-state index in [9.17, 15) is 0 Å². The van der Waals surface area contributed by atoms with Crippen LogP contribution >= 0.6 is 11.3 Å². The molecule has 0 unspecified atom stereocenters. The topological polar surface area (TPSA) is 65.0 Å². The molecule has 22 heavy (non-hydrogen) atoms. The molecule has 3 heterocycles. The van der Waals surface area contributed by atoms with Crippen molar-refractivity contribution in [2.45, 2.75) is 32.2 Å². The third kappa shape index (κ3) is 3.74. The summed E-state index contributed by atoms with van der Waals surface area (Å²) in [6.07, 6.45) is 2.34. The quantitative estimate of drug-likeness (QED) is 0.849. The molecular formula is C16H20N4OS. The fourth-order valence-electron chi connectivity index (χ4n) is 2.84. The Kier molecular flexibility index (Phi) is 4.88. The first kappa shape index (κ1) is 15.2. The molecule has 6 heteroatoms. The van der Waals surface area contributed by atoms with Crippen LogP contribution < -0.4 is 0 Å². The summed E-state index contributed by atoms with van der Waals surface area (Å²) in [5.41, 5.74) is 0.993. The molecule has 1 fully saturated rings. The predicted molar refractivity (Wildman–Crippen MR) is 86.7 cm³/mol. The van der Waals surface area contributed by atoms with E-state index in [1.165, 1.54) is 11.3 Å². The lowest BCUT2D eigenvalue weighted by Crippen LogP contribution is -2.34. The number of likely N-dealkylation sites (tertiary alicyclic amines) is 1. The van der Waals surface area contributed by atoms with Crippen LogP contribution in [0.2, 0.25) is 0 Å². The van der Waals surface area contributed by atoms with Gasteiger partial charge in [-0.1, -0.05) is 11.8 Å². The maximum atomic E-state index is 8.74. The Morgan fingerprint density at radius 1 is 1.55 bits per heavy atom. The summed E-state index contributed by atoms with van der Waals surface area (Å²) < 4.78 is 0. The van der Waals surface area contributed by atoms with Gasteiger partial charge in [-0.2, -0.15) is 5.10 Å². The van der Waals surface area contributed by atoms with Crippen LogP contribution in [-0.2, 0) is 6.54 Å². The van der Waals surface area contributed by atoms with Crippen molar-refractivity contribution < 1.29 is 5.11 Å². The Bertz CT molecular complexity index is 682. The highest BCUT2D eigenvalue weighted by atomic mass is 32.1. The monoisotopic (exact) mass is 316 g/mol. The van der Waals surface area contributed by atoms with Crippen LogP contribution in [0.4, 0.5) is 0 Å². The molecule has 0 saturated carbocycles. The number of aryl methyl sites for hydroxylation is 1. The third-order valence-electron chi connectivity index (χ3n) is 3.83. The Labute approximate surface area is 134 Å². The average Bonchev–Trinajstić information content (AvgIpc) is 3.15. The summed E-state index contributed by atoms with van der Waals surface area (Å²) in [4.78, 5) is 8.26. The van der Waals surface area contributed by atoms with Gasteiger partial charge in [0.2, 0.25) is 0 Å². The number of nitrogens with one attached hydrogen (secondary N) is 1. The van der Waals surface area contributed by atoms with E-state index in [1.54, 1.807) is 11.3 Å². The van der Waals surface area contributed by atoms with Gasteiger partial charge in [-0.3, -0.25) is 10.00 Å². The number of rotatable bonds is 3. The maximum absolute atomic E-state index is 8.74. The first-order chi connectivity index (χ1) is 10.7. The fraction of sp³-hybridized carbons (Fsp3) is 0.500. The van der Waals surface area contributed by atoms with E-state index in [0.29, 0.717) is 5.92 Å². The molecule has 0 amide bonds. The first-order valence-electron chi connectivity index (χ1n) is 7.53. The second-order valence-corrected chi connectivity index (χ2v) is 6.61. The Morgan fingerprint density at radius 3 is 3.23 bits per heavy atom. The van der Waals surface area contributed by atoms with Gasteiger partial charge in [0.05, 0.1) is 0 Å². The molecule has 2 aromatic rings. The van der Waals surface area contributed by atoms with E-state index < -0.39 is 0 Å². The molecule has 1 aliphatic heterocycles. The van der Waals surface area contributed by atoms with Gasteiger partial charge in [-0.05, 0) is 32.4 Å². The molecule has 1 aliphatic rings. The highest BCUT2D eigenvalue weighted by molar-refractivity contribution is 7.10. The molecule has 0 aromatic carbocycles. The average molecular weight is 316 g/mol. The summed E-state index contributed by atoms with van der Waals surface area (Å²) >= 11 is 1.73. The van der Waals surface area contributed by atoms with Crippen LogP contribution in [-0.4, -0.2) is 44.9 Å². The van der Waals surface area contributed by atoms with E-state index in [0.717, 1.165) is 43.3 Å². The normalized spacial score (nSPS) is 18.9. The number of nitrogens with zero attached hydrogens (tertiary/aromatic N) is 3. The van der Waals surface area contributed by atoms with Gasteiger partial charge in [0.25, 0.3) is 0 Å². The summed E-state index contributed by atoms with van der Waals surface area (Å²) in [6, 6.07) is 2.12. The molecular weight excluding hydrogens is 296 g/mol. The zero-order valence-corrected chi connectivity index (χ0v) is 13.5. The van der Waals surface area contributed by atoms with Crippen molar-refractivity contribution in [3.05, 3.63) is 33.5 Å². The lowest BCUT2D eigenvalue weighted by molar-refractivity contribution is 0.198. The van der Waals surface area contributed by atoms with Crippen LogP contribution in [0.25, 0.3) is 0 Å². The Hall–Kier alpha value is -1.68. The minimum absolute atomic E-state index is 0.0882. The largest absolute Gasteiger partial charge is 0.384 e. The van der Waals surface area contributed by atoms with Crippen LogP contribution in [0.3, 0.4) is 0 Å². The van der Waals surface area contributed by atoms with Crippen molar-refractivity contribution in [2.75, 3.05) is 19.7 Å². The van der Waals surface area contributed by atoms with Gasteiger partial charge < -0.3 is 5.11 Å². The number of thiophene rings is 1. The number of aromatic nitrogens is 3. The summed E-state index contributed by atoms with van der Waals surface area (Å²) in [5, 5.41) is 18.1. The van der Waals surface area contributed by atoms with Crippen molar-refractivity contribution in [1.29, 1.82) is 0 Å². The summed E-state index contributed by atoms with van der Waals surface area (Å²) in [7, 11) is 0. The summed E-state index contributed by atoms with van der Waals surface area (Å²) in [5.74, 6) is 7.91. The van der Waals surface area contributed by atoms with E-state index >= 15 is 0 Å². The first-order valence-corrected chi connectivity index (χ1v) is 8.41. The van der Waals surface area contributed by atoms with Crippen molar-refractivity contribution >= 4 is 11.3 Å². The molecule has 1 atom stereocenters. The lowest BCUT2D eigenvalue weighted by Gasteiger charge is -2.30. The second-order valence-electron chi connectivity index (χ2n) is 5.61. The number of hydrogen-bond acceptors (Lipinski definition) is 5. The molecule has 0 radical (unpaired) electrons. The van der Waals surface area contributed by atoms with Crippen molar-refractivity contribution in [3.63, 3.8) is 0 Å². The van der Waals surface area contributed by atoms with Crippen molar-refractivity contribution in [2.24, 2.45) is 0 Å². The molecule has 0 bridgehead atoms. The minimum Gasteiger partial charge on any atom is -0.384 e. The standard InChI is InChI=1S/C16H20N4OS/c1-12-17-16(19-18-12)14-5-2-6-20(9-14)10-15-8-13(11-22-15)4-3-7-21/h8,11,14,21H,2,5-7,9-10H2,1H3,(H,17,18,19)/t14-/m0/s1. The fourth-order valence-corrected chi connectivity index (χ4v) is 3.70.